The number of aliphatic hydroxyl groups excluding tert-OH is 2. The third-order valence-corrected chi connectivity index (χ3v) is 8.93. The third kappa shape index (κ3) is 10.7. The predicted octanol–water partition coefficient (Wildman–Crippen LogP) is 6.29. The maximum Gasteiger partial charge on any atom is 0.170 e. The summed E-state index contributed by atoms with van der Waals surface area (Å²) in [5.74, 6) is -1.12. The molecule has 3 rings (SSSR count). The number of anilines is 1. The number of hydrogen-bond acceptors (Lipinski definition) is 8. The highest BCUT2D eigenvalue weighted by Crippen LogP contribution is 2.43. The van der Waals surface area contributed by atoms with Crippen LogP contribution >= 0.6 is 0 Å². The van der Waals surface area contributed by atoms with Gasteiger partial charge in [0.15, 0.2) is 29.2 Å². The Balaban J connectivity index is 1.82. The van der Waals surface area contributed by atoms with Gasteiger partial charge in [-0.1, -0.05) is 71.3 Å². The highest BCUT2D eigenvalue weighted by atomic mass is 16.5. The molecule has 1 aromatic carbocycles. The molecule has 0 radical (unpaired) electrons. The van der Waals surface area contributed by atoms with Crippen LogP contribution in [0.4, 0.5) is 5.82 Å². The number of nitrogen functional groups attached to an aromatic ring is 1. The number of carbonyl (C=O) groups is 2. The van der Waals surface area contributed by atoms with E-state index in [1.165, 1.54) is 7.11 Å². The zero-order valence-corrected chi connectivity index (χ0v) is 27.7. The number of aliphatic hydroxyl groups is 2. The first kappa shape index (κ1) is 36.8. The summed E-state index contributed by atoms with van der Waals surface area (Å²) in [6.07, 6.45) is 11.0. The number of ketones is 2. The van der Waals surface area contributed by atoms with E-state index in [1.54, 1.807) is 30.5 Å². The predicted molar refractivity (Wildman–Crippen MR) is 181 cm³/mol. The fourth-order valence-corrected chi connectivity index (χ4v) is 6.35. The van der Waals surface area contributed by atoms with Crippen molar-refractivity contribution in [3.63, 3.8) is 0 Å². The van der Waals surface area contributed by atoms with Crippen LogP contribution < -0.4 is 10.5 Å². The van der Waals surface area contributed by atoms with Gasteiger partial charge in [0.05, 0.1) is 7.11 Å². The number of benzene rings is 1. The minimum Gasteiger partial charge on any atom is -0.504 e. The van der Waals surface area contributed by atoms with Gasteiger partial charge in [-0.3, -0.25) is 9.59 Å². The Labute approximate surface area is 273 Å². The molecule has 0 fully saturated rings. The first-order chi connectivity index (χ1) is 22.2. The Hall–Kier alpha value is -3.69. The molecular formula is C37H53N3O6. The van der Waals surface area contributed by atoms with Gasteiger partial charge in [-0.05, 0) is 66.1 Å². The molecule has 46 heavy (non-hydrogen) atoms. The largest absolute Gasteiger partial charge is 0.504 e. The van der Waals surface area contributed by atoms with Crippen LogP contribution in [0.1, 0.15) is 106 Å². The second-order valence-corrected chi connectivity index (χ2v) is 12.5. The van der Waals surface area contributed by atoms with Gasteiger partial charge in [-0.2, -0.15) is 0 Å². The average molecular weight is 636 g/mol. The van der Waals surface area contributed by atoms with Crippen LogP contribution in [-0.2, 0) is 22.4 Å². The quantitative estimate of drug-likeness (QED) is 0.0637. The van der Waals surface area contributed by atoms with E-state index >= 15 is 0 Å². The number of phenols is 1. The van der Waals surface area contributed by atoms with E-state index in [4.69, 9.17) is 10.5 Å². The molecule has 2 heterocycles. The molecule has 9 nitrogen and oxygen atoms in total. The number of nitrogens with two attached hydrogens (primary N) is 1. The molecular weight excluding hydrogens is 582 g/mol. The topological polar surface area (TPSA) is 159 Å². The molecule has 0 spiro atoms. The van der Waals surface area contributed by atoms with Crippen molar-refractivity contribution in [3.05, 3.63) is 71.2 Å². The number of carbonyl (C=O) groups excluding carboxylic acids is 2. The van der Waals surface area contributed by atoms with Crippen molar-refractivity contribution >= 4 is 17.4 Å². The number of Topliss-reactive ketones (excluding diaryl/α,β-unsaturated/α-hetero) is 2. The number of aromatic amines is 1. The summed E-state index contributed by atoms with van der Waals surface area (Å²) in [5, 5.41) is 32.7. The van der Waals surface area contributed by atoms with Crippen LogP contribution in [0.2, 0.25) is 0 Å². The SMILES string of the molecule is CCCCCC(CCCCC)CC(=O)C(O)C(=O)CCc1cc(OC)c(O)c(C(c2ccnc(N)c2)C(CO)Cc2ccc[nH]2)c1. The van der Waals surface area contributed by atoms with Gasteiger partial charge in [-0.15, -0.1) is 0 Å². The number of phenolic OH excluding ortho intramolecular Hbond substituents is 1. The second-order valence-electron chi connectivity index (χ2n) is 12.5. The molecule has 0 saturated carbocycles. The highest BCUT2D eigenvalue weighted by Gasteiger charge is 2.30. The molecule has 3 unspecified atom stereocenters. The zero-order chi connectivity index (χ0) is 33.5. The van der Waals surface area contributed by atoms with Gasteiger partial charge >= 0.3 is 0 Å². The van der Waals surface area contributed by atoms with Crippen molar-refractivity contribution in [3.8, 4) is 11.5 Å². The Kier molecular flexibility index (Phi) is 15.3. The molecule has 0 aliphatic heterocycles. The van der Waals surface area contributed by atoms with Gasteiger partial charge in [0.2, 0.25) is 0 Å². The van der Waals surface area contributed by atoms with Gasteiger partial charge in [0, 0.05) is 49.0 Å². The number of aromatic hydroxyl groups is 1. The Bertz CT molecular complexity index is 1350. The minimum absolute atomic E-state index is 0.0462. The molecule has 2 aromatic heterocycles. The zero-order valence-electron chi connectivity index (χ0n) is 27.7. The number of hydrogen-bond donors (Lipinski definition) is 5. The average Bonchev–Trinajstić information content (AvgIpc) is 3.57. The smallest absolute Gasteiger partial charge is 0.170 e. The minimum atomic E-state index is -1.65. The highest BCUT2D eigenvalue weighted by molar-refractivity contribution is 6.05. The van der Waals surface area contributed by atoms with E-state index in [1.807, 2.05) is 18.3 Å². The Morgan fingerprint density at radius 3 is 2.33 bits per heavy atom. The Morgan fingerprint density at radius 1 is 1.02 bits per heavy atom. The number of unbranched alkanes of at least 4 members (excludes halogenated alkanes) is 4. The van der Waals surface area contributed by atoms with Gasteiger partial charge in [-0.25, -0.2) is 4.98 Å². The molecule has 9 heteroatoms. The second kappa shape index (κ2) is 19.1. The maximum absolute atomic E-state index is 13.1. The number of H-pyrrole nitrogens is 1. The Morgan fingerprint density at radius 2 is 1.74 bits per heavy atom. The number of nitrogens with one attached hydrogen (secondary N) is 1. The lowest BCUT2D eigenvalue weighted by atomic mass is 9.78. The van der Waals surface area contributed by atoms with E-state index < -0.39 is 23.6 Å². The first-order valence-electron chi connectivity index (χ1n) is 16.8. The fourth-order valence-electron chi connectivity index (χ4n) is 6.35. The first-order valence-corrected chi connectivity index (χ1v) is 16.8. The van der Waals surface area contributed by atoms with Crippen molar-refractivity contribution in [1.82, 2.24) is 9.97 Å². The molecule has 3 atom stereocenters. The number of aromatic nitrogens is 2. The standard InChI is InChI=1S/C37H53N3O6/c1-4-6-8-11-25(12-9-7-5-2)20-32(43)37(45)31(42)15-14-26-19-30(36(44)33(21-26)46-3)35(27-16-18-40-34(38)23-27)28(24-41)22-29-13-10-17-39-29/h10,13,16-19,21,23,25,28,35,37,39,41,44-45H,4-9,11-12,14-15,20,22,24H2,1-3H3,(H2,38,40). The molecule has 0 saturated heterocycles. The lowest BCUT2D eigenvalue weighted by molar-refractivity contribution is -0.139. The van der Waals surface area contributed by atoms with Gasteiger partial charge < -0.3 is 30.8 Å². The van der Waals surface area contributed by atoms with Crippen LogP contribution in [0, 0.1) is 11.8 Å². The van der Waals surface area contributed by atoms with Crippen molar-refractivity contribution in [2.45, 2.75) is 103 Å². The van der Waals surface area contributed by atoms with Crippen LogP contribution in [-0.4, -0.2) is 56.7 Å². The van der Waals surface area contributed by atoms with Gasteiger partial charge in [0.1, 0.15) is 5.82 Å². The number of pyridine rings is 1. The number of aryl methyl sites for hydroxylation is 1. The van der Waals surface area contributed by atoms with E-state index in [0.29, 0.717) is 23.4 Å². The summed E-state index contributed by atoms with van der Waals surface area (Å²) in [5.41, 5.74) is 8.94. The molecule has 3 aromatic rings. The number of nitrogens with zero attached hydrogens (tertiary/aromatic N) is 1. The molecule has 0 bridgehead atoms. The number of ether oxygens (including phenoxy) is 1. The van der Waals surface area contributed by atoms with Gasteiger partial charge in [0.25, 0.3) is 0 Å². The summed E-state index contributed by atoms with van der Waals surface area (Å²) in [7, 11) is 1.45. The fraction of sp³-hybridized carbons (Fsp3) is 0.541. The maximum atomic E-state index is 13.1. The lowest BCUT2D eigenvalue weighted by Gasteiger charge is -2.28. The lowest BCUT2D eigenvalue weighted by Crippen LogP contribution is -2.31. The van der Waals surface area contributed by atoms with E-state index in [2.05, 4.69) is 23.8 Å². The molecule has 0 aliphatic carbocycles. The van der Waals surface area contributed by atoms with Crippen LogP contribution in [0.5, 0.6) is 11.5 Å². The van der Waals surface area contributed by atoms with Crippen molar-refractivity contribution in [2.24, 2.45) is 11.8 Å². The van der Waals surface area contributed by atoms with Crippen molar-refractivity contribution < 1.29 is 29.6 Å². The normalized spacial score (nSPS) is 13.4. The molecule has 0 aliphatic rings. The van der Waals surface area contributed by atoms with E-state index in [9.17, 15) is 24.9 Å². The van der Waals surface area contributed by atoms with Crippen LogP contribution in [0.25, 0.3) is 0 Å². The molecule has 0 amide bonds. The number of rotatable bonds is 22. The van der Waals surface area contributed by atoms with E-state index in [0.717, 1.165) is 62.6 Å². The van der Waals surface area contributed by atoms with Crippen LogP contribution in [0.15, 0.2) is 48.8 Å². The van der Waals surface area contributed by atoms with Crippen LogP contribution in [0.3, 0.4) is 0 Å². The summed E-state index contributed by atoms with van der Waals surface area (Å²) in [6, 6.07) is 10.8. The number of methoxy groups -OCH3 is 1. The summed E-state index contributed by atoms with van der Waals surface area (Å²) >= 11 is 0. The summed E-state index contributed by atoms with van der Waals surface area (Å²) < 4.78 is 5.53. The van der Waals surface area contributed by atoms with Crippen molar-refractivity contribution in [2.75, 3.05) is 19.5 Å². The summed E-state index contributed by atoms with van der Waals surface area (Å²) in [6.45, 7) is 4.12. The van der Waals surface area contributed by atoms with Crippen molar-refractivity contribution in [1.29, 1.82) is 0 Å². The third-order valence-electron chi connectivity index (χ3n) is 8.93. The van der Waals surface area contributed by atoms with E-state index in [-0.39, 0.29) is 49.2 Å². The summed E-state index contributed by atoms with van der Waals surface area (Å²) in [4.78, 5) is 33.4. The molecule has 6 N–H and O–H groups in total. The molecule has 252 valence electrons. The monoisotopic (exact) mass is 635 g/mol.